The van der Waals surface area contributed by atoms with E-state index in [9.17, 15) is 4.79 Å². The summed E-state index contributed by atoms with van der Waals surface area (Å²) >= 11 is 12.4. The molecular weight excluding hydrogens is 367 g/mol. The molecule has 2 aromatic carbocycles. The predicted octanol–water partition coefficient (Wildman–Crippen LogP) is 5.64. The summed E-state index contributed by atoms with van der Waals surface area (Å²) in [7, 11) is 0. The van der Waals surface area contributed by atoms with Gasteiger partial charge >= 0.3 is 0 Å². The fraction of sp³-hybridized carbons (Fsp3) is 0.190. The first-order valence-electron chi connectivity index (χ1n) is 8.66. The van der Waals surface area contributed by atoms with Crippen LogP contribution in [0.2, 0.25) is 10.0 Å². The van der Waals surface area contributed by atoms with Crippen LogP contribution in [0.25, 0.3) is 33.1 Å². The summed E-state index contributed by atoms with van der Waals surface area (Å²) in [6.45, 7) is 3.75. The van der Waals surface area contributed by atoms with Gasteiger partial charge in [-0.25, -0.2) is 0 Å². The second-order valence-electron chi connectivity index (χ2n) is 6.90. The molecule has 3 nitrogen and oxygen atoms in total. The van der Waals surface area contributed by atoms with Gasteiger partial charge in [0.15, 0.2) is 0 Å². The van der Waals surface area contributed by atoms with Crippen molar-refractivity contribution >= 4 is 45.1 Å². The molecule has 5 rings (SSSR count). The van der Waals surface area contributed by atoms with Gasteiger partial charge in [-0.15, -0.1) is 0 Å². The Morgan fingerprint density at radius 1 is 0.885 bits per heavy atom. The van der Waals surface area contributed by atoms with Gasteiger partial charge in [0, 0.05) is 40.0 Å². The fourth-order valence-electron chi connectivity index (χ4n) is 4.08. The molecule has 1 aliphatic heterocycles. The van der Waals surface area contributed by atoms with Crippen molar-refractivity contribution in [1.29, 1.82) is 0 Å². The van der Waals surface area contributed by atoms with E-state index < -0.39 is 0 Å². The van der Waals surface area contributed by atoms with Crippen LogP contribution in [0.3, 0.4) is 0 Å². The Morgan fingerprint density at radius 2 is 1.69 bits per heavy atom. The molecule has 0 radical (unpaired) electrons. The number of aryl methyl sites for hydroxylation is 3. The second-order valence-corrected chi connectivity index (χ2v) is 7.75. The van der Waals surface area contributed by atoms with Gasteiger partial charge in [-0.1, -0.05) is 40.9 Å². The molecule has 3 heterocycles. The summed E-state index contributed by atoms with van der Waals surface area (Å²) in [6, 6.07) is 13.8. The quantitative estimate of drug-likeness (QED) is 0.418. The van der Waals surface area contributed by atoms with Crippen molar-refractivity contribution in [2.45, 2.75) is 26.4 Å². The lowest BCUT2D eigenvalue weighted by atomic mass is 10.0. The third-order valence-electron chi connectivity index (χ3n) is 5.23. The van der Waals surface area contributed by atoms with Crippen molar-refractivity contribution in [2.75, 3.05) is 0 Å². The molecule has 0 unspecified atom stereocenters. The van der Waals surface area contributed by atoms with Gasteiger partial charge in [-0.3, -0.25) is 9.36 Å². The zero-order chi connectivity index (χ0) is 18.0. The van der Waals surface area contributed by atoms with Gasteiger partial charge in [0.2, 0.25) is 0 Å². The zero-order valence-electron chi connectivity index (χ0n) is 14.2. The number of fused-ring (bicyclic) bond motifs is 3. The molecule has 0 aliphatic carbocycles. The number of hydrogen-bond donors (Lipinski definition) is 0. The molecule has 0 bridgehead atoms. The molecule has 0 saturated heterocycles. The van der Waals surface area contributed by atoms with Gasteiger partial charge in [-0.05, 0) is 43.7 Å². The molecule has 0 spiro atoms. The van der Waals surface area contributed by atoms with E-state index in [2.05, 4.69) is 29.7 Å². The molecule has 26 heavy (non-hydrogen) atoms. The van der Waals surface area contributed by atoms with Gasteiger partial charge < -0.3 is 4.57 Å². The van der Waals surface area contributed by atoms with Crippen molar-refractivity contribution in [3.05, 3.63) is 68.4 Å². The lowest BCUT2D eigenvalue weighted by Crippen LogP contribution is -2.27. The topological polar surface area (TPSA) is 26.9 Å². The van der Waals surface area contributed by atoms with Crippen molar-refractivity contribution in [1.82, 2.24) is 9.13 Å². The van der Waals surface area contributed by atoms with Gasteiger partial charge in [-0.2, -0.15) is 0 Å². The molecule has 0 fully saturated rings. The standard InChI is InChI=1S/C21H16Cl2N2O/c1-12-3-6-19-15(9-12)16-11-17(14-5-4-13(22)10-18(14)23)21(26)25-8-2-7-24(19)20(16)25/h3-6,9-11H,2,7-8H2,1H3. The summed E-state index contributed by atoms with van der Waals surface area (Å²) in [5.74, 6) is 0. The Morgan fingerprint density at radius 3 is 2.50 bits per heavy atom. The van der Waals surface area contributed by atoms with Crippen LogP contribution in [0, 0.1) is 6.92 Å². The number of aromatic nitrogens is 2. The maximum atomic E-state index is 13.2. The van der Waals surface area contributed by atoms with E-state index in [4.69, 9.17) is 23.2 Å². The monoisotopic (exact) mass is 382 g/mol. The fourth-order valence-corrected chi connectivity index (χ4v) is 4.59. The molecule has 1 aliphatic rings. The average Bonchev–Trinajstić information content (AvgIpc) is 2.92. The Kier molecular flexibility index (Phi) is 3.46. The van der Waals surface area contributed by atoms with Gasteiger partial charge in [0.25, 0.3) is 5.56 Å². The number of nitrogens with zero attached hydrogens (tertiary/aromatic N) is 2. The van der Waals surface area contributed by atoms with Crippen LogP contribution < -0.4 is 5.56 Å². The van der Waals surface area contributed by atoms with Crippen molar-refractivity contribution in [2.24, 2.45) is 0 Å². The van der Waals surface area contributed by atoms with Crippen molar-refractivity contribution in [3.63, 3.8) is 0 Å². The molecule has 0 N–H and O–H groups in total. The van der Waals surface area contributed by atoms with E-state index in [0.29, 0.717) is 15.6 Å². The SMILES string of the molecule is Cc1ccc2c(c1)c1cc(-c3ccc(Cl)cc3Cl)c(=O)n3c1n2CCC3. The number of rotatable bonds is 1. The Hall–Kier alpha value is -2.23. The molecule has 5 heteroatoms. The van der Waals surface area contributed by atoms with Crippen LogP contribution in [0.4, 0.5) is 0 Å². The number of hydrogen-bond acceptors (Lipinski definition) is 1. The summed E-state index contributed by atoms with van der Waals surface area (Å²) in [4.78, 5) is 13.2. The Balaban J connectivity index is 1.96. The molecule has 0 saturated carbocycles. The smallest absolute Gasteiger partial charge is 0.260 e. The number of benzene rings is 2. The average molecular weight is 383 g/mol. The number of pyridine rings is 1. The van der Waals surface area contributed by atoms with E-state index >= 15 is 0 Å². The van der Waals surface area contributed by atoms with Gasteiger partial charge in [0.1, 0.15) is 5.65 Å². The predicted molar refractivity (Wildman–Crippen MR) is 109 cm³/mol. The minimum absolute atomic E-state index is 0.00204. The normalized spacial score (nSPS) is 13.7. The minimum Gasteiger partial charge on any atom is -0.327 e. The van der Waals surface area contributed by atoms with E-state index in [-0.39, 0.29) is 5.56 Å². The highest BCUT2D eigenvalue weighted by atomic mass is 35.5. The molecule has 130 valence electrons. The lowest BCUT2D eigenvalue weighted by molar-refractivity contribution is 0.528. The van der Waals surface area contributed by atoms with Crippen molar-refractivity contribution < 1.29 is 0 Å². The largest absolute Gasteiger partial charge is 0.327 e. The highest BCUT2D eigenvalue weighted by Crippen LogP contribution is 2.35. The summed E-state index contributed by atoms with van der Waals surface area (Å²) in [5, 5.41) is 3.34. The van der Waals surface area contributed by atoms with Crippen LogP contribution in [0.15, 0.2) is 47.3 Å². The molecule has 4 aromatic rings. The zero-order valence-corrected chi connectivity index (χ0v) is 15.7. The molecule has 0 amide bonds. The summed E-state index contributed by atoms with van der Waals surface area (Å²) < 4.78 is 4.16. The highest BCUT2D eigenvalue weighted by Gasteiger charge is 2.22. The van der Waals surface area contributed by atoms with Crippen LogP contribution in [0.5, 0.6) is 0 Å². The van der Waals surface area contributed by atoms with Crippen molar-refractivity contribution in [3.8, 4) is 11.1 Å². The molecule has 2 aromatic heterocycles. The third-order valence-corrected chi connectivity index (χ3v) is 5.78. The van der Waals surface area contributed by atoms with E-state index in [1.54, 1.807) is 12.1 Å². The molecular formula is C21H16Cl2N2O. The lowest BCUT2D eigenvalue weighted by Gasteiger charge is -2.19. The maximum absolute atomic E-state index is 13.2. The summed E-state index contributed by atoms with van der Waals surface area (Å²) in [5.41, 5.74) is 4.75. The first-order chi connectivity index (χ1) is 12.5. The van der Waals surface area contributed by atoms with E-state index in [0.717, 1.165) is 36.1 Å². The first kappa shape index (κ1) is 16.0. The van der Waals surface area contributed by atoms with Crippen LogP contribution in [0.1, 0.15) is 12.0 Å². The maximum Gasteiger partial charge on any atom is 0.260 e. The Labute approximate surface area is 160 Å². The van der Waals surface area contributed by atoms with Crippen LogP contribution in [-0.2, 0) is 13.1 Å². The van der Waals surface area contributed by atoms with Crippen LogP contribution in [-0.4, -0.2) is 9.13 Å². The van der Waals surface area contributed by atoms with E-state index in [1.165, 1.54) is 16.5 Å². The minimum atomic E-state index is 0.00204. The first-order valence-corrected chi connectivity index (χ1v) is 9.42. The Bertz CT molecular complexity index is 1270. The highest BCUT2D eigenvalue weighted by molar-refractivity contribution is 6.36. The number of halogens is 2. The summed E-state index contributed by atoms with van der Waals surface area (Å²) in [6.07, 6.45) is 0.942. The van der Waals surface area contributed by atoms with E-state index in [1.807, 2.05) is 16.7 Å². The third kappa shape index (κ3) is 2.17. The van der Waals surface area contributed by atoms with Crippen LogP contribution >= 0.6 is 23.2 Å². The van der Waals surface area contributed by atoms with Gasteiger partial charge in [0.05, 0.1) is 10.5 Å². The second kappa shape index (κ2) is 5.63. The molecule has 0 atom stereocenters.